The minimum Gasteiger partial charge on any atom is -0.396 e. The normalized spacial score (nSPS) is 12.1. The van der Waals surface area contributed by atoms with Gasteiger partial charge in [0.25, 0.3) is 0 Å². The molecule has 2 aromatic carbocycles. The molecule has 0 aliphatic heterocycles. The summed E-state index contributed by atoms with van der Waals surface area (Å²) < 4.78 is 0. The van der Waals surface area contributed by atoms with Gasteiger partial charge in [-0.05, 0) is 74.6 Å². The number of nitrogens with one attached hydrogen (secondary N) is 1. The van der Waals surface area contributed by atoms with E-state index in [4.69, 9.17) is 0 Å². The summed E-state index contributed by atoms with van der Waals surface area (Å²) in [6.07, 6.45) is 15.8. The lowest BCUT2D eigenvalue weighted by Crippen LogP contribution is -2.22. The molecular weight excluding hydrogens is 548 g/mol. The topological polar surface area (TPSA) is 93.0 Å². The Balaban J connectivity index is 2.39. The van der Waals surface area contributed by atoms with E-state index >= 15 is 0 Å². The first-order valence-corrected chi connectivity index (χ1v) is 17.1. The van der Waals surface area contributed by atoms with Gasteiger partial charge < -0.3 is 25.7 Å². The second-order valence-electron chi connectivity index (χ2n) is 11.7. The van der Waals surface area contributed by atoms with Gasteiger partial charge in [0.15, 0.2) is 0 Å². The van der Waals surface area contributed by atoms with Crippen molar-refractivity contribution in [1.82, 2.24) is 0 Å². The van der Waals surface area contributed by atoms with Gasteiger partial charge in [0, 0.05) is 48.1 Å². The maximum absolute atomic E-state index is 9.31. The van der Waals surface area contributed by atoms with Crippen LogP contribution in [0.25, 0.3) is 0 Å². The van der Waals surface area contributed by atoms with Crippen molar-refractivity contribution in [2.45, 2.75) is 113 Å². The summed E-state index contributed by atoms with van der Waals surface area (Å²) in [4.78, 5) is 0. The van der Waals surface area contributed by atoms with E-state index < -0.39 is 0 Å². The average Bonchev–Trinajstić information content (AvgIpc) is 2.99. The van der Waals surface area contributed by atoms with Crippen molar-refractivity contribution < 1.29 is 20.4 Å². The number of rotatable bonds is 24. The zero-order valence-electron chi connectivity index (χ0n) is 25.2. The molecule has 0 saturated carbocycles. The summed E-state index contributed by atoms with van der Waals surface area (Å²) in [5, 5.41) is 40.9. The first-order chi connectivity index (χ1) is 19.9. The second kappa shape index (κ2) is 20.8. The first kappa shape index (κ1) is 36.1. The zero-order valence-corrected chi connectivity index (χ0v) is 27.5. The van der Waals surface area contributed by atoms with Crippen LogP contribution in [0.4, 0.5) is 11.4 Å². The molecule has 0 bridgehead atoms. The van der Waals surface area contributed by atoms with E-state index in [0.29, 0.717) is 0 Å². The number of aliphatic hydroxyl groups is 4. The third-order valence-electron chi connectivity index (χ3n) is 8.32. The van der Waals surface area contributed by atoms with Crippen LogP contribution in [0.3, 0.4) is 0 Å². The Bertz CT molecular complexity index is 858. The van der Waals surface area contributed by atoms with Crippen LogP contribution in [0.2, 0.25) is 0 Å². The molecule has 2 atom stereocenters. The summed E-state index contributed by atoms with van der Waals surface area (Å²) >= 11 is 0. The van der Waals surface area contributed by atoms with Crippen LogP contribution in [-0.4, -0.2) is 46.9 Å². The molecule has 41 heavy (non-hydrogen) atoms. The second-order valence-corrected chi connectivity index (χ2v) is 13.9. The molecule has 5 nitrogen and oxygen atoms in total. The minimum atomic E-state index is -0.0872. The van der Waals surface area contributed by atoms with Gasteiger partial charge in [0.2, 0.25) is 0 Å². The molecule has 0 aliphatic carbocycles. The molecule has 0 heterocycles. The molecule has 0 aromatic heterocycles. The van der Waals surface area contributed by atoms with Crippen LogP contribution >= 0.6 is 18.5 Å². The molecule has 0 fully saturated rings. The third-order valence-corrected chi connectivity index (χ3v) is 10.1. The lowest BCUT2D eigenvalue weighted by Gasteiger charge is -2.35. The highest BCUT2D eigenvalue weighted by molar-refractivity contribution is 7.18. The van der Waals surface area contributed by atoms with Crippen molar-refractivity contribution in [2.24, 2.45) is 0 Å². The Hall–Kier alpha value is -1.06. The van der Waals surface area contributed by atoms with Crippen molar-refractivity contribution in [1.29, 1.82) is 0 Å². The van der Waals surface area contributed by atoms with Crippen LogP contribution in [0.5, 0.6) is 0 Å². The number of para-hydroxylation sites is 2. The minimum absolute atomic E-state index is 0.0872. The Kier molecular flexibility index (Phi) is 18.3. The Morgan fingerprint density at radius 2 is 0.732 bits per heavy atom. The van der Waals surface area contributed by atoms with Gasteiger partial charge >= 0.3 is 0 Å². The third kappa shape index (κ3) is 12.6. The number of unbranched alkanes of at least 4 members (excludes halogenated alkanes) is 8. The van der Waals surface area contributed by atoms with Crippen molar-refractivity contribution >= 4 is 29.9 Å². The highest BCUT2D eigenvalue weighted by Crippen LogP contribution is 2.48. The van der Waals surface area contributed by atoms with Crippen LogP contribution in [0.1, 0.15) is 114 Å². The monoisotopic (exact) mass is 605 g/mol. The molecule has 7 heteroatoms. The lowest BCUT2D eigenvalue weighted by molar-refractivity contribution is 0.277. The molecule has 0 spiro atoms. The predicted octanol–water partition coefficient (Wildman–Crippen LogP) is 7.78. The SMILES string of the molecule is OCCCCCC(P)(CCCCCO)c1ccccc1Nc1ccccc1C(P)(CCCCCO)CCCCCO. The summed E-state index contributed by atoms with van der Waals surface area (Å²) in [6, 6.07) is 17.4. The van der Waals surface area contributed by atoms with Crippen LogP contribution in [-0.2, 0) is 10.3 Å². The molecule has 0 aliphatic rings. The van der Waals surface area contributed by atoms with Gasteiger partial charge in [-0.3, -0.25) is 0 Å². The van der Waals surface area contributed by atoms with E-state index in [9.17, 15) is 20.4 Å². The fraction of sp³-hybridized carbons (Fsp3) is 0.647. The fourth-order valence-electron chi connectivity index (χ4n) is 5.90. The first-order valence-electron chi connectivity index (χ1n) is 15.9. The van der Waals surface area contributed by atoms with E-state index in [1.54, 1.807) is 0 Å². The molecule has 2 aromatic rings. The largest absolute Gasteiger partial charge is 0.396 e. The van der Waals surface area contributed by atoms with E-state index in [0.717, 1.165) is 114 Å². The number of aliphatic hydroxyl groups excluding tert-OH is 4. The van der Waals surface area contributed by atoms with Crippen LogP contribution in [0.15, 0.2) is 48.5 Å². The molecular formula is C34H57NO4P2. The molecule has 5 N–H and O–H groups in total. The number of benzene rings is 2. The lowest BCUT2D eigenvalue weighted by atomic mass is 9.85. The number of anilines is 2. The predicted molar refractivity (Wildman–Crippen MR) is 181 cm³/mol. The van der Waals surface area contributed by atoms with E-state index in [2.05, 4.69) is 72.3 Å². The van der Waals surface area contributed by atoms with Gasteiger partial charge in [0.1, 0.15) is 0 Å². The van der Waals surface area contributed by atoms with Crippen LogP contribution in [0, 0.1) is 0 Å². The van der Waals surface area contributed by atoms with E-state index in [-0.39, 0.29) is 36.7 Å². The highest BCUT2D eigenvalue weighted by Gasteiger charge is 2.31. The summed E-state index contributed by atoms with van der Waals surface area (Å²) in [7, 11) is 6.39. The number of hydrogen-bond donors (Lipinski definition) is 5. The zero-order chi connectivity index (χ0) is 29.8. The van der Waals surface area contributed by atoms with E-state index in [1.807, 2.05) is 0 Å². The quantitative estimate of drug-likeness (QED) is 0.0623. The Labute approximate surface area is 254 Å². The molecule has 0 amide bonds. The smallest absolute Gasteiger partial charge is 0.0431 e. The van der Waals surface area contributed by atoms with Crippen molar-refractivity contribution in [3.63, 3.8) is 0 Å². The Morgan fingerprint density at radius 1 is 0.439 bits per heavy atom. The van der Waals surface area contributed by atoms with Gasteiger partial charge in [0.05, 0.1) is 0 Å². The van der Waals surface area contributed by atoms with Crippen molar-refractivity contribution in [3.8, 4) is 0 Å². The van der Waals surface area contributed by atoms with E-state index in [1.165, 1.54) is 11.1 Å². The van der Waals surface area contributed by atoms with Crippen molar-refractivity contribution in [3.05, 3.63) is 59.7 Å². The molecule has 2 rings (SSSR count). The molecule has 2 unspecified atom stereocenters. The fourth-order valence-corrected chi connectivity index (χ4v) is 7.22. The molecule has 0 radical (unpaired) electrons. The standard InChI is InChI=1S/C34H57NO4P2/c36-25-13-1-9-21-33(40,22-10-2-14-26-37)29-17-5-7-19-31(29)35-32-20-8-6-18-30(32)34(41,23-11-3-15-27-38)24-12-4-16-28-39/h5-8,17-20,35-39H,1-4,9-16,21-28,40-41H2. The van der Waals surface area contributed by atoms with Gasteiger partial charge in [-0.2, -0.15) is 0 Å². The molecule has 232 valence electrons. The van der Waals surface area contributed by atoms with Gasteiger partial charge in [-0.25, -0.2) is 0 Å². The maximum atomic E-state index is 9.31. The summed E-state index contributed by atoms with van der Waals surface area (Å²) in [5.41, 5.74) is 4.86. The van der Waals surface area contributed by atoms with Crippen molar-refractivity contribution in [2.75, 3.05) is 31.7 Å². The Morgan fingerprint density at radius 3 is 1.02 bits per heavy atom. The average molecular weight is 606 g/mol. The van der Waals surface area contributed by atoms with Crippen LogP contribution < -0.4 is 5.32 Å². The maximum Gasteiger partial charge on any atom is 0.0431 e. The van der Waals surface area contributed by atoms with Gasteiger partial charge in [-0.1, -0.05) is 87.8 Å². The summed E-state index contributed by atoms with van der Waals surface area (Å²) in [5.74, 6) is 0. The number of hydrogen-bond acceptors (Lipinski definition) is 5. The van der Waals surface area contributed by atoms with Gasteiger partial charge in [-0.15, -0.1) is 18.5 Å². The summed E-state index contributed by atoms with van der Waals surface area (Å²) in [6.45, 7) is 0.969. The highest BCUT2D eigenvalue weighted by atomic mass is 31.0. The molecule has 0 saturated heterocycles.